The van der Waals surface area contributed by atoms with Gasteiger partial charge in [0, 0.05) is 61.7 Å². The van der Waals surface area contributed by atoms with Crippen molar-refractivity contribution in [3.05, 3.63) is 225 Å². The van der Waals surface area contributed by atoms with E-state index in [0.717, 1.165) is 51.1 Å². The van der Waals surface area contributed by atoms with Gasteiger partial charge in [-0.1, -0.05) is 182 Å². The predicted octanol–water partition coefficient (Wildman–Crippen LogP) is 19.3. The van der Waals surface area contributed by atoms with Crippen molar-refractivity contribution in [2.75, 3.05) is 14.7 Å². The normalized spacial score (nSPS) is 16.8. The molecule has 2 aliphatic heterocycles. The molecule has 0 saturated carbocycles. The molecule has 0 spiro atoms. The second-order valence-electron chi connectivity index (χ2n) is 29.1. The third-order valence-corrected chi connectivity index (χ3v) is 19.7. The van der Waals surface area contributed by atoms with Crippen molar-refractivity contribution in [3.63, 3.8) is 0 Å². The van der Waals surface area contributed by atoms with Crippen molar-refractivity contribution in [2.45, 2.75) is 150 Å². The number of rotatable bonds is 5. The number of hydrogen-bond acceptors (Lipinski definition) is 4. The largest absolute Gasteiger partial charge is 0.456 e. The molecule has 0 unspecified atom stereocenters. The summed E-state index contributed by atoms with van der Waals surface area (Å²) in [5.74, 6) is 0. The molecule has 5 heteroatoms. The van der Waals surface area contributed by atoms with Crippen LogP contribution >= 0.6 is 0 Å². The van der Waals surface area contributed by atoms with E-state index in [2.05, 4.69) is 295 Å². The second-order valence-corrected chi connectivity index (χ2v) is 29.1. The quantitative estimate of drug-likeness (QED) is 0.160. The molecule has 410 valence electrons. The standard InChI is InChI=1S/C77H78BN3O/c1-46-38-66-71-67(39-46)81(63-25-21-27-69-70(63)53-22-17-20-26-68(53)82-69)65-44-59-58(76(13,14)54-23-18-19-24-55(54)77(59,15)16)42-61(65)78(71)60-41-52(36-37-62(60)80(66)64-43-57-56(40-47(64)2)74(9,10)45-75(57,11)12)79(50-32-28-48(29-33-50)72(3,4)5)51-34-30-49(31-35-51)73(6,7)8/h17-44H,45H2,1-16H3. The molecule has 2 aliphatic carbocycles. The van der Waals surface area contributed by atoms with Crippen LogP contribution < -0.4 is 31.1 Å². The van der Waals surface area contributed by atoms with Gasteiger partial charge in [0.1, 0.15) is 11.2 Å². The van der Waals surface area contributed by atoms with Gasteiger partial charge in [-0.25, -0.2) is 0 Å². The van der Waals surface area contributed by atoms with Crippen molar-refractivity contribution in [1.82, 2.24) is 0 Å². The lowest BCUT2D eigenvalue weighted by Gasteiger charge is -2.48. The smallest absolute Gasteiger partial charge is 0.252 e. The number of para-hydroxylation sites is 1. The summed E-state index contributed by atoms with van der Waals surface area (Å²) in [6.45, 7) is 37.9. The molecule has 0 N–H and O–H groups in total. The number of hydrogen-bond donors (Lipinski definition) is 0. The molecule has 3 heterocycles. The Labute approximate surface area is 487 Å². The fraction of sp³-hybridized carbons (Fsp3) is 0.299. The number of fused-ring (bicyclic) bond motifs is 10. The van der Waals surface area contributed by atoms with E-state index >= 15 is 0 Å². The van der Waals surface area contributed by atoms with Crippen molar-refractivity contribution >= 4 is 96.2 Å². The van der Waals surface area contributed by atoms with Gasteiger partial charge in [-0.15, -0.1) is 0 Å². The average Bonchev–Trinajstić information content (AvgIpc) is 0.892. The van der Waals surface area contributed by atoms with Gasteiger partial charge in [0.15, 0.2) is 0 Å². The molecule has 4 aliphatic rings. The molecule has 0 radical (unpaired) electrons. The van der Waals surface area contributed by atoms with Crippen LogP contribution in [0.3, 0.4) is 0 Å². The van der Waals surface area contributed by atoms with Crippen LogP contribution in [0.25, 0.3) is 21.9 Å². The second kappa shape index (κ2) is 17.4. The summed E-state index contributed by atoms with van der Waals surface area (Å²) < 4.78 is 6.77. The summed E-state index contributed by atoms with van der Waals surface area (Å²) in [6.07, 6.45) is 1.10. The topological polar surface area (TPSA) is 22.9 Å². The Kier molecular flexibility index (Phi) is 11.1. The van der Waals surface area contributed by atoms with Gasteiger partial charge in [0.05, 0.1) is 11.1 Å². The SMILES string of the molecule is Cc1cc2c3c(c1)N(c1cccc4oc5ccccc5c14)c1cc4c(cc1B3c1cc(N(c3ccc(C(C)(C)C)cc3)c3ccc(C(C)(C)C)cc3)ccc1N2c1cc2c(cc1C)C(C)(C)CC2(C)C)C(C)(C)c1ccccc1C4(C)C. The molecule has 0 atom stereocenters. The molecule has 14 rings (SSSR count). The van der Waals surface area contributed by atoms with E-state index in [1.54, 1.807) is 0 Å². The maximum atomic E-state index is 6.77. The minimum absolute atomic E-state index is 0.00395. The molecule has 0 fully saturated rings. The van der Waals surface area contributed by atoms with Crippen LogP contribution in [-0.4, -0.2) is 6.71 Å². The van der Waals surface area contributed by atoms with Crippen LogP contribution in [-0.2, 0) is 32.5 Å². The summed E-state index contributed by atoms with van der Waals surface area (Å²) in [5.41, 5.74) is 29.5. The lowest BCUT2D eigenvalue weighted by Crippen LogP contribution is -2.62. The molecule has 0 amide bonds. The summed E-state index contributed by atoms with van der Waals surface area (Å²) in [6, 6.07) is 65.9. The Morgan fingerprint density at radius 2 is 0.927 bits per heavy atom. The lowest BCUT2D eigenvalue weighted by molar-refractivity contribution is 0.403. The number of nitrogens with zero attached hydrogens (tertiary/aromatic N) is 3. The highest BCUT2D eigenvalue weighted by Crippen LogP contribution is 2.56. The van der Waals surface area contributed by atoms with E-state index in [4.69, 9.17) is 4.42 Å². The number of aryl methyl sites for hydroxylation is 2. The number of benzene rings is 9. The number of furan rings is 1. The van der Waals surface area contributed by atoms with Crippen molar-refractivity contribution in [3.8, 4) is 0 Å². The van der Waals surface area contributed by atoms with Crippen LogP contribution in [0.2, 0.25) is 0 Å². The van der Waals surface area contributed by atoms with Crippen LogP contribution in [0.1, 0.15) is 159 Å². The van der Waals surface area contributed by atoms with Crippen LogP contribution in [0, 0.1) is 13.8 Å². The molecular weight excluding hydrogens is 994 g/mol. The zero-order chi connectivity index (χ0) is 57.5. The van der Waals surface area contributed by atoms with Crippen molar-refractivity contribution in [2.24, 2.45) is 0 Å². The Hall–Kier alpha value is -7.76. The molecular formula is C77H78BN3O. The van der Waals surface area contributed by atoms with Crippen molar-refractivity contribution in [1.29, 1.82) is 0 Å². The van der Waals surface area contributed by atoms with Crippen LogP contribution in [0.4, 0.5) is 51.2 Å². The molecule has 4 nitrogen and oxygen atoms in total. The molecule has 82 heavy (non-hydrogen) atoms. The zero-order valence-electron chi connectivity index (χ0n) is 51.2. The van der Waals surface area contributed by atoms with Crippen LogP contribution in [0.5, 0.6) is 0 Å². The maximum absolute atomic E-state index is 6.77. The fourth-order valence-corrected chi connectivity index (χ4v) is 15.7. The van der Waals surface area contributed by atoms with Gasteiger partial charge in [0.25, 0.3) is 6.71 Å². The molecule has 9 aromatic carbocycles. The molecule has 1 aromatic heterocycles. The highest BCUT2D eigenvalue weighted by molar-refractivity contribution is 7.00. The maximum Gasteiger partial charge on any atom is 0.252 e. The third kappa shape index (κ3) is 7.63. The number of anilines is 9. The highest BCUT2D eigenvalue weighted by Gasteiger charge is 2.49. The van der Waals surface area contributed by atoms with E-state index in [1.165, 1.54) is 100 Å². The summed E-state index contributed by atoms with van der Waals surface area (Å²) in [4.78, 5) is 7.80. The Morgan fingerprint density at radius 1 is 0.427 bits per heavy atom. The lowest BCUT2D eigenvalue weighted by atomic mass is 9.33. The van der Waals surface area contributed by atoms with E-state index in [1.807, 2.05) is 0 Å². The molecule has 0 saturated heterocycles. The van der Waals surface area contributed by atoms with Gasteiger partial charge in [-0.05, 0) is 199 Å². The first kappa shape index (κ1) is 52.3. The monoisotopic (exact) mass is 1070 g/mol. The average molecular weight is 1070 g/mol. The van der Waals surface area contributed by atoms with Gasteiger partial charge >= 0.3 is 0 Å². The minimum atomic E-state index is -0.277. The molecule has 10 aromatic rings. The van der Waals surface area contributed by atoms with E-state index < -0.39 is 0 Å². The van der Waals surface area contributed by atoms with Gasteiger partial charge < -0.3 is 19.1 Å². The first-order valence-electron chi connectivity index (χ1n) is 30.0. The first-order chi connectivity index (χ1) is 38.7. The first-order valence-corrected chi connectivity index (χ1v) is 30.0. The van der Waals surface area contributed by atoms with Crippen LogP contribution in [0.15, 0.2) is 174 Å². The van der Waals surface area contributed by atoms with Gasteiger partial charge in [-0.2, -0.15) is 0 Å². The zero-order valence-corrected chi connectivity index (χ0v) is 51.2. The Balaban J connectivity index is 1.11. The van der Waals surface area contributed by atoms with E-state index in [9.17, 15) is 0 Å². The minimum Gasteiger partial charge on any atom is -0.456 e. The summed E-state index contributed by atoms with van der Waals surface area (Å²) in [7, 11) is 0. The van der Waals surface area contributed by atoms with Crippen molar-refractivity contribution < 1.29 is 4.42 Å². The van der Waals surface area contributed by atoms with E-state index in [0.29, 0.717) is 0 Å². The predicted molar refractivity (Wildman–Crippen MR) is 351 cm³/mol. The van der Waals surface area contributed by atoms with Gasteiger partial charge in [0.2, 0.25) is 0 Å². The van der Waals surface area contributed by atoms with Gasteiger partial charge in [-0.3, -0.25) is 0 Å². The fourth-order valence-electron chi connectivity index (χ4n) is 15.7. The Bertz CT molecular complexity index is 4250. The molecule has 0 bridgehead atoms. The summed E-state index contributed by atoms with van der Waals surface area (Å²) in [5, 5.41) is 2.24. The van der Waals surface area contributed by atoms with E-state index in [-0.39, 0.29) is 39.2 Å². The summed E-state index contributed by atoms with van der Waals surface area (Å²) >= 11 is 0. The third-order valence-electron chi connectivity index (χ3n) is 19.7. The Morgan fingerprint density at radius 3 is 1.52 bits per heavy atom. The highest BCUT2D eigenvalue weighted by atomic mass is 16.3.